The highest BCUT2D eigenvalue weighted by molar-refractivity contribution is 5.32. The molecule has 0 amide bonds. The highest BCUT2D eigenvalue weighted by Crippen LogP contribution is 2.73. The summed E-state index contributed by atoms with van der Waals surface area (Å²) in [5.74, 6) is 1.11. The Morgan fingerprint density at radius 1 is 1.33 bits per heavy atom. The van der Waals surface area contributed by atoms with Crippen molar-refractivity contribution in [3.63, 3.8) is 0 Å². The molecular weight excluding hydrogens is 264 g/mol. The Hall–Kier alpha value is -0.380. The van der Waals surface area contributed by atoms with Crippen molar-refractivity contribution in [2.24, 2.45) is 34.5 Å². The van der Waals surface area contributed by atoms with E-state index >= 15 is 0 Å². The number of hydrogen-bond acceptors (Lipinski definition) is 3. The maximum Gasteiger partial charge on any atom is 0.0695 e. The van der Waals surface area contributed by atoms with Gasteiger partial charge in [-0.05, 0) is 61.7 Å². The minimum Gasteiger partial charge on any atom is -0.396 e. The van der Waals surface area contributed by atoms with Crippen LogP contribution in [0, 0.1) is 34.5 Å². The van der Waals surface area contributed by atoms with Gasteiger partial charge in [-0.15, -0.1) is 0 Å². The Bertz CT molecular complexity index is 543. The zero-order valence-electron chi connectivity index (χ0n) is 12.8. The highest BCUT2D eigenvalue weighted by Gasteiger charge is 2.73. The summed E-state index contributed by atoms with van der Waals surface area (Å²) in [5.41, 5.74) is 0.333. The van der Waals surface area contributed by atoms with Gasteiger partial charge in [-0.2, -0.15) is 0 Å². The van der Waals surface area contributed by atoms with Gasteiger partial charge in [-0.25, -0.2) is 0 Å². The van der Waals surface area contributed by atoms with Crippen LogP contribution >= 0.6 is 0 Å². The normalized spacial score (nSPS) is 63.6. The van der Waals surface area contributed by atoms with Gasteiger partial charge < -0.3 is 15.3 Å². The van der Waals surface area contributed by atoms with E-state index in [1.165, 1.54) is 5.57 Å². The van der Waals surface area contributed by atoms with E-state index in [2.05, 4.69) is 13.0 Å². The number of aliphatic hydroxyl groups excluding tert-OH is 2. The minimum atomic E-state index is -0.675. The van der Waals surface area contributed by atoms with Crippen LogP contribution in [-0.4, -0.2) is 33.6 Å². The summed E-state index contributed by atoms with van der Waals surface area (Å²) in [5, 5.41) is 33.0. The molecule has 0 radical (unpaired) electrons. The molecule has 5 aliphatic rings. The van der Waals surface area contributed by atoms with Crippen LogP contribution in [0.5, 0.6) is 0 Å². The molecule has 0 saturated heterocycles. The van der Waals surface area contributed by atoms with Crippen molar-refractivity contribution in [2.75, 3.05) is 6.61 Å². The van der Waals surface area contributed by atoms with Crippen molar-refractivity contribution in [1.29, 1.82) is 0 Å². The third kappa shape index (κ3) is 1.26. The second-order valence-electron chi connectivity index (χ2n) is 9.06. The molecule has 116 valence electrons. The fraction of sp³-hybridized carbons (Fsp3) is 0.889. The van der Waals surface area contributed by atoms with Crippen molar-refractivity contribution < 1.29 is 15.3 Å². The second kappa shape index (κ2) is 3.58. The minimum absolute atomic E-state index is 0.00949. The first kappa shape index (κ1) is 13.1. The van der Waals surface area contributed by atoms with Gasteiger partial charge >= 0.3 is 0 Å². The number of hydrogen-bond donors (Lipinski definition) is 3. The van der Waals surface area contributed by atoms with Crippen LogP contribution in [0.4, 0.5) is 0 Å². The lowest BCUT2D eigenvalue weighted by atomic mass is 9.45. The van der Waals surface area contributed by atoms with Gasteiger partial charge in [0.05, 0.1) is 18.3 Å². The summed E-state index contributed by atoms with van der Waals surface area (Å²) in [6.45, 7) is 2.32. The molecule has 4 saturated carbocycles. The first-order chi connectivity index (χ1) is 9.93. The molecule has 0 aromatic rings. The van der Waals surface area contributed by atoms with Gasteiger partial charge in [-0.3, -0.25) is 0 Å². The summed E-state index contributed by atoms with van der Waals surface area (Å²) in [6.07, 6.45) is 7.83. The fourth-order valence-electron chi connectivity index (χ4n) is 7.65. The summed E-state index contributed by atoms with van der Waals surface area (Å²) in [7, 11) is 0. The van der Waals surface area contributed by atoms with Crippen LogP contribution in [-0.2, 0) is 0 Å². The lowest BCUT2D eigenvalue weighted by Gasteiger charge is -2.62. The molecule has 3 heteroatoms. The number of aliphatic hydroxyl groups is 3. The standard InChI is InChI=1S/C18H26O3/c1-16-6-10-4-11-2-3-12-5-13(17(21,7-10)8-16)18(12,9-19)15(20)14(11)16/h4,10,12-15,19-21H,2-3,5-9H2,1H3/t10-,12-,13-,14-,15+,16+,17+,18-/m0/s1. The van der Waals surface area contributed by atoms with Crippen molar-refractivity contribution >= 4 is 0 Å². The SMILES string of the molecule is C[C@@]12C[C@@H]3C=C4CC[C@H]5C[C@@H]([C@@](O)(C3)C1)[C@@]5(CO)[C@H](O)[C@H]42. The molecule has 21 heavy (non-hydrogen) atoms. The summed E-state index contributed by atoms with van der Waals surface area (Å²) in [6, 6.07) is 0. The summed E-state index contributed by atoms with van der Waals surface area (Å²) < 4.78 is 0. The predicted octanol–water partition coefficient (Wildman–Crippen LogP) is 1.86. The number of fused-ring (bicyclic) bond motifs is 3. The monoisotopic (exact) mass is 290 g/mol. The van der Waals surface area contributed by atoms with E-state index in [9.17, 15) is 15.3 Å². The molecule has 3 nitrogen and oxygen atoms in total. The van der Waals surface area contributed by atoms with Crippen molar-refractivity contribution in [1.82, 2.24) is 0 Å². The number of allylic oxidation sites excluding steroid dienone is 1. The van der Waals surface area contributed by atoms with Gasteiger partial charge in [0.25, 0.3) is 0 Å². The Morgan fingerprint density at radius 3 is 2.90 bits per heavy atom. The van der Waals surface area contributed by atoms with Gasteiger partial charge in [0.15, 0.2) is 0 Å². The van der Waals surface area contributed by atoms with Crippen LogP contribution in [0.25, 0.3) is 0 Å². The summed E-state index contributed by atoms with van der Waals surface area (Å²) in [4.78, 5) is 0. The van der Waals surface area contributed by atoms with E-state index in [1.807, 2.05) is 0 Å². The lowest BCUT2D eigenvalue weighted by Crippen LogP contribution is -2.65. The average Bonchev–Trinajstić information content (AvgIpc) is 2.43. The molecule has 4 fully saturated rings. The third-order valence-electron chi connectivity index (χ3n) is 8.15. The molecule has 8 atom stereocenters. The largest absolute Gasteiger partial charge is 0.396 e. The molecule has 0 spiro atoms. The van der Waals surface area contributed by atoms with Gasteiger partial charge in [0.2, 0.25) is 0 Å². The van der Waals surface area contributed by atoms with Crippen LogP contribution < -0.4 is 0 Å². The Kier molecular flexibility index (Phi) is 2.23. The molecule has 0 aromatic carbocycles. The van der Waals surface area contributed by atoms with E-state index in [0.29, 0.717) is 11.8 Å². The Labute approximate surface area is 126 Å². The highest BCUT2D eigenvalue weighted by atomic mass is 16.3. The molecule has 0 unspecified atom stereocenters. The lowest BCUT2D eigenvalue weighted by molar-refractivity contribution is -0.230. The maximum atomic E-state index is 11.4. The molecule has 5 rings (SSSR count). The van der Waals surface area contributed by atoms with Crippen LogP contribution in [0.3, 0.4) is 0 Å². The van der Waals surface area contributed by atoms with Crippen molar-refractivity contribution in [3.05, 3.63) is 11.6 Å². The molecule has 0 heterocycles. The smallest absolute Gasteiger partial charge is 0.0695 e. The van der Waals surface area contributed by atoms with Gasteiger partial charge in [-0.1, -0.05) is 18.6 Å². The second-order valence-corrected chi connectivity index (χ2v) is 9.06. The molecular formula is C18H26O3. The van der Waals surface area contributed by atoms with E-state index < -0.39 is 17.1 Å². The van der Waals surface area contributed by atoms with Crippen LogP contribution in [0.15, 0.2) is 11.6 Å². The Morgan fingerprint density at radius 2 is 2.14 bits per heavy atom. The van der Waals surface area contributed by atoms with Crippen LogP contribution in [0.2, 0.25) is 0 Å². The van der Waals surface area contributed by atoms with Gasteiger partial charge in [0.1, 0.15) is 0 Å². The topological polar surface area (TPSA) is 60.7 Å². The zero-order chi connectivity index (χ0) is 14.6. The van der Waals surface area contributed by atoms with E-state index in [-0.39, 0.29) is 23.9 Å². The average molecular weight is 290 g/mol. The molecule has 0 aromatic heterocycles. The Balaban J connectivity index is 1.80. The quantitative estimate of drug-likeness (QED) is 0.646. The first-order valence-electron chi connectivity index (χ1n) is 8.65. The molecule has 5 aliphatic carbocycles. The van der Waals surface area contributed by atoms with Crippen molar-refractivity contribution in [2.45, 2.75) is 57.2 Å². The maximum absolute atomic E-state index is 11.4. The van der Waals surface area contributed by atoms with E-state index in [4.69, 9.17) is 0 Å². The molecule has 3 N–H and O–H groups in total. The van der Waals surface area contributed by atoms with Crippen molar-refractivity contribution in [3.8, 4) is 0 Å². The molecule has 0 aliphatic heterocycles. The fourth-order valence-corrected chi connectivity index (χ4v) is 7.65. The molecule has 5 bridgehead atoms. The first-order valence-corrected chi connectivity index (χ1v) is 8.65. The zero-order valence-corrected chi connectivity index (χ0v) is 12.8. The van der Waals surface area contributed by atoms with E-state index in [0.717, 1.165) is 38.5 Å². The predicted molar refractivity (Wildman–Crippen MR) is 78.3 cm³/mol. The van der Waals surface area contributed by atoms with Crippen LogP contribution in [0.1, 0.15) is 45.4 Å². The van der Waals surface area contributed by atoms with Gasteiger partial charge in [0, 0.05) is 11.3 Å². The third-order valence-corrected chi connectivity index (χ3v) is 8.15. The number of rotatable bonds is 1. The van der Waals surface area contributed by atoms with E-state index in [1.54, 1.807) is 0 Å². The summed E-state index contributed by atoms with van der Waals surface area (Å²) >= 11 is 0.